The molecule has 1 aromatic carbocycles. The summed E-state index contributed by atoms with van der Waals surface area (Å²) in [6, 6.07) is 11.3. The van der Waals surface area contributed by atoms with Crippen LogP contribution < -0.4 is 0 Å². The minimum Gasteiger partial charge on any atom is -0.478 e. The van der Waals surface area contributed by atoms with Gasteiger partial charge >= 0.3 is 5.97 Å². The molecule has 0 spiro atoms. The highest BCUT2D eigenvalue weighted by Crippen LogP contribution is 2.26. The largest absolute Gasteiger partial charge is 0.478 e. The maximum absolute atomic E-state index is 13.2. The minimum absolute atomic E-state index is 0.0752. The van der Waals surface area contributed by atoms with Crippen LogP contribution in [0.1, 0.15) is 38.5 Å². The lowest BCUT2D eigenvalue weighted by atomic mass is 9.99. The molecule has 3 aromatic rings. The van der Waals surface area contributed by atoms with Gasteiger partial charge < -0.3 is 10.0 Å². The van der Waals surface area contributed by atoms with Crippen molar-refractivity contribution in [1.82, 2.24) is 19.9 Å². The van der Waals surface area contributed by atoms with Crippen LogP contribution in [-0.4, -0.2) is 49.9 Å². The van der Waals surface area contributed by atoms with Crippen LogP contribution in [0.4, 0.5) is 0 Å². The van der Waals surface area contributed by atoms with Gasteiger partial charge in [-0.3, -0.25) is 9.78 Å². The Bertz CT molecular complexity index is 1080. The summed E-state index contributed by atoms with van der Waals surface area (Å²) in [6.45, 7) is 3.07. The van der Waals surface area contributed by atoms with Crippen molar-refractivity contribution in [3.8, 4) is 11.3 Å². The lowest BCUT2D eigenvalue weighted by Gasteiger charge is -2.18. The van der Waals surface area contributed by atoms with Gasteiger partial charge in [0.25, 0.3) is 5.91 Å². The first-order valence-electron chi connectivity index (χ1n) is 9.87. The summed E-state index contributed by atoms with van der Waals surface area (Å²) in [5.41, 5.74) is 3.09. The molecule has 0 bridgehead atoms. The molecule has 30 heavy (non-hydrogen) atoms. The molecule has 1 N–H and O–H groups in total. The number of aromatic nitrogens is 3. The van der Waals surface area contributed by atoms with E-state index in [4.69, 9.17) is 5.11 Å². The van der Waals surface area contributed by atoms with Crippen molar-refractivity contribution in [3.63, 3.8) is 0 Å². The fourth-order valence-electron chi connectivity index (χ4n) is 3.85. The second-order valence-corrected chi connectivity index (χ2v) is 7.54. The molecular weight excluding hydrogens is 380 g/mol. The Morgan fingerprint density at radius 2 is 1.97 bits per heavy atom. The molecule has 1 fully saturated rings. The molecule has 1 atom stereocenters. The number of carbonyl (C=O) groups is 2. The number of amides is 1. The summed E-state index contributed by atoms with van der Waals surface area (Å²) in [7, 11) is 0. The molecule has 1 aliphatic rings. The van der Waals surface area contributed by atoms with E-state index in [-0.39, 0.29) is 17.4 Å². The molecule has 1 unspecified atom stereocenters. The maximum atomic E-state index is 13.2. The number of pyridine rings is 1. The third-order valence-electron chi connectivity index (χ3n) is 5.33. The summed E-state index contributed by atoms with van der Waals surface area (Å²) < 4.78 is 0. The molecule has 4 rings (SSSR count). The molecule has 0 saturated carbocycles. The van der Waals surface area contributed by atoms with Crippen molar-refractivity contribution >= 4 is 11.9 Å². The van der Waals surface area contributed by atoms with Gasteiger partial charge in [0.2, 0.25) is 0 Å². The summed E-state index contributed by atoms with van der Waals surface area (Å²) in [5, 5.41) is 9.15. The van der Waals surface area contributed by atoms with Gasteiger partial charge in [0, 0.05) is 37.2 Å². The van der Waals surface area contributed by atoms with Crippen LogP contribution in [0, 0.1) is 12.8 Å². The molecule has 0 aliphatic carbocycles. The lowest BCUT2D eigenvalue weighted by molar-refractivity contribution is 0.0695. The predicted molar refractivity (Wildman–Crippen MR) is 111 cm³/mol. The van der Waals surface area contributed by atoms with Crippen LogP contribution in [-0.2, 0) is 6.42 Å². The predicted octanol–water partition coefficient (Wildman–Crippen LogP) is 3.25. The van der Waals surface area contributed by atoms with E-state index in [1.807, 2.05) is 42.2 Å². The van der Waals surface area contributed by atoms with E-state index < -0.39 is 5.97 Å². The number of aromatic carboxylic acids is 1. The van der Waals surface area contributed by atoms with Gasteiger partial charge in [0.05, 0.1) is 16.8 Å². The number of carboxylic acid groups (broad SMARTS) is 1. The maximum Gasteiger partial charge on any atom is 0.337 e. The summed E-state index contributed by atoms with van der Waals surface area (Å²) in [5.74, 6) is -0.184. The van der Waals surface area contributed by atoms with Crippen molar-refractivity contribution in [2.24, 2.45) is 5.92 Å². The second kappa shape index (κ2) is 8.41. The Kier molecular flexibility index (Phi) is 5.52. The van der Waals surface area contributed by atoms with Crippen LogP contribution in [0.5, 0.6) is 0 Å². The van der Waals surface area contributed by atoms with Crippen LogP contribution in [0.25, 0.3) is 11.3 Å². The molecule has 1 aliphatic heterocycles. The third-order valence-corrected chi connectivity index (χ3v) is 5.33. The van der Waals surface area contributed by atoms with Gasteiger partial charge in [0.1, 0.15) is 5.82 Å². The first-order valence-corrected chi connectivity index (χ1v) is 9.87. The van der Waals surface area contributed by atoms with E-state index in [9.17, 15) is 9.59 Å². The normalized spacial score (nSPS) is 15.9. The third kappa shape index (κ3) is 4.20. The van der Waals surface area contributed by atoms with Crippen LogP contribution in [0.3, 0.4) is 0 Å². The number of hydrogen-bond donors (Lipinski definition) is 1. The average molecular weight is 402 g/mol. The Morgan fingerprint density at radius 1 is 1.17 bits per heavy atom. The van der Waals surface area contributed by atoms with Crippen LogP contribution in [0.15, 0.2) is 55.0 Å². The highest BCUT2D eigenvalue weighted by atomic mass is 16.4. The van der Waals surface area contributed by atoms with Gasteiger partial charge in [0.15, 0.2) is 0 Å². The van der Waals surface area contributed by atoms with Crippen LogP contribution in [0.2, 0.25) is 0 Å². The Balaban J connectivity index is 1.51. The molecule has 7 heteroatoms. The van der Waals surface area contributed by atoms with E-state index in [1.54, 1.807) is 18.5 Å². The lowest BCUT2D eigenvalue weighted by Crippen LogP contribution is -2.30. The Morgan fingerprint density at radius 3 is 2.73 bits per heavy atom. The first kappa shape index (κ1) is 19.7. The summed E-state index contributed by atoms with van der Waals surface area (Å²) >= 11 is 0. The zero-order valence-corrected chi connectivity index (χ0v) is 16.7. The number of hydrogen-bond acceptors (Lipinski definition) is 5. The van der Waals surface area contributed by atoms with Crippen molar-refractivity contribution in [2.75, 3.05) is 13.1 Å². The van der Waals surface area contributed by atoms with E-state index in [0.717, 1.165) is 17.5 Å². The molecule has 0 radical (unpaired) electrons. The number of rotatable bonds is 5. The van der Waals surface area contributed by atoms with E-state index >= 15 is 0 Å². The fraction of sp³-hybridized carbons (Fsp3) is 0.261. The summed E-state index contributed by atoms with van der Waals surface area (Å²) in [6.07, 6.45) is 6.20. The molecule has 152 valence electrons. The van der Waals surface area contributed by atoms with Crippen molar-refractivity contribution in [3.05, 3.63) is 77.5 Å². The minimum atomic E-state index is -0.986. The molecule has 2 aromatic heterocycles. The number of nitrogens with zero attached hydrogens (tertiary/aromatic N) is 4. The average Bonchev–Trinajstić information content (AvgIpc) is 3.22. The standard InChI is InChI=1S/C23H22N4O3/c1-15-25-13-20(21(26-15)18-5-3-2-4-6-18)22(28)27-8-7-16(14-27)9-17-10-19(23(29)30)12-24-11-17/h2-6,10-13,16H,7-9,14H2,1H3,(H,29,30). The highest BCUT2D eigenvalue weighted by molar-refractivity contribution is 5.99. The van der Waals surface area contributed by atoms with E-state index in [2.05, 4.69) is 15.0 Å². The van der Waals surface area contributed by atoms with Crippen molar-refractivity contribution in [1.29, 1.82) is 0 Å². The molecule has 1 saturated heterocycles. The monoisotopic (exact) mass is 402 g/mol. The van der Waals surface area contributed by atoms with Gasteiger partial charge in [-0.25, -0.2) is 14.8 Å². The molecule has 7 nitrogen and oxygen atoms in total. The van der Waals surface area contributed by atoms with Crippen molar-refractivity contribution in [2.45, 2.75) is 19.8 Å². The number of carboxylic acids is 1. The Labute approximate surface area is 174 Å². The van der Waals surface area contributed by atoms with E-state index in [0.29, 0.717) is 36.6 Å². The van der Waals surface area contributed by atoms with Gasteiger partial charge in [-0.05, 0) is 37.3 Å². The number of likely N-dealkylation sites (tertiary alicyclic amines) is 1. The SMILES string of the molecule is Cc1ncc(C(=O)N2CCC(Cc3cncc(C(=O)O)c3)C2)c(-c2ccccc2)n1. The van der Waals surface area contributed by atoms with Crippen molar-refractivity contribution < 1.29 is 14.7 Å². The smallest absolute Gasteiger partial charge is 0.337 e. The molecular formula is C23H22N4O3. The second-order valence-electron chi connectivity index (χ2n) is 7.54. The van der Waals surface area contributed by atoms with Crippen LogP contribution >= 0.6 is 0 Å². The number of carbonyl (C=O) groups excluding carboxylic acids is 1. The fourth-order valence-corrected chi connectivity index (χ4v) is 3.85. The Hall–Kier alpha value is -3.61. The summed E-state index contributed by atoms with van der Waals surface area (Å²) in [4.78, 5) is 39.0. The van der Waals surface area contributed by atoms with Gasteiger partial charge in [-0.15, -0.1) is 0 Å². The quantitative estimate of drug-likeness (QED) is 0.704. The van der Waals surface area contributed by atoms with E-state index in [1.165, 1.54) is 6.20 Å². The number of aryl methyl sites for hydroxylation is 1. The van der Waals surface area contributed by atoms with Gasteiger partial charge in [-0.1, -0.05) is 30.3 Å². The number of benzene rings is 1. The zero-order valence-electron chi connectivity index (χ0n) is 16.7. The molecule has 3 heterocycles. The first-order chi connectivity index (χ1) is 14.5. The zero-order chi connectivity index (χ0) is 21.1. The topological polar surface area (TPSA) is 96.3 Å². The van der Waals surface area contributed by atoms with Gasteiger partial charge in [-0.2, -0.15) is 0 Å². The highest BCUT2D eigenvalue weighted by Gasteiger charge is 2.29. The molecule has 1 amide bonds.